The molecule has 7 nitrogen and oxygen atoms in total. The Balaban J connectivity index is 1.75. The molecule has 1 aliphatic carbocycles. The van der Waals surface area contributed by atoms with Gasteiger partial charge in [-0.05, 0) is 75.8 Å². The predicted octanol–water partition coefficient (Wildman–Crippen LogP) is 3.88. The maximum absolute atomic E-state index is 13.1. The van der Waals surface area contributed by atoms with Crippen LogP contribution in [0.3, 0.4) is 0 Å². The number of aromatic nitrogens is 1. The van der Waals surface area contributed by atoms with Gasteiger partial charge in [0.2, 0.25) is 5.91 Å². The van der Waals surface area contributed by atoms with Gasteiger partial charge < -0.3 is 20.5 Å². The topological polar surface area (TPSA) is 94.3 Å². The number of amides is 2. The zero-order chi connectivity index (χ0) is 24.3. The van der Waals surface area contributed by atoms with E-state index in [9.17, 15) is 14.4 Å². The third-order valence-electron chi connectivity index (χ3n) is 6.54. The first kappa shape index (κ1) is 25.0. The molecule has 0 saturated heterocycles. The van der Waals surface area contributed by atoms with Crippen LogP contribution in [0, 0.1) is 20.8 Å². The summed E-state index contributed by atoms with van der Waals surface area (Å²) in [6.45, 7) is 7.41. The van der Waals surface area contributed by atoms with Crippen molar-refractivity contribution < 1.29 is 9.59 Å². The molecule has 2 amide bonds. The lowest BCUT2D eigenvalue weighted by Crippen LogP contribution is -2.42. The zero-order valence-electron chi connectivity index (χ0n) is 20.0. The lowest BCUT2D eigenvalue weighted by molar-refractivity contribution is -0.119. The number of aryl methyl sites for hydroxylation is 2. The molecule has 2 aromatic rings. The Morgan fingerprint density at radius 3 is 2.39 bits per heavy atom. The van der Waals surface area contributed by atoms with Crippen molar-refractivity contribution >= 4 is 33.4 Å². The second kappa shape index (κ2) is 10.5. The smallest absolute Gasteiger partial charge is 0.253 e. The molecule has 0 bridgehead atoms. The molecule has 0 radical (unpaired) electrons. The van der Waals surface area contributed by atoms with Crippen LogP contribution in [-0.2, 0) is 11.3 Å². The fourth-order valence-corrected chi connectivity index (χ4v) is 5.17. The number of hydrogen-bond acceptors (Lipinski definition) is 4. The van der Waals surface area contributed by atoms with Gasteiger partial charge in [-0.1, -0.05) is 15.9 Å². The number of H-pyrrole nitrogens is 1. The standard InChI is InChI=1S/C25H33BrN4O3/c1-14-10-15(2)28-25(33)22(14)13-27-24(32)21-11-18(26)12-23(16(21)3)30(5)20-8-6-19(7-9-20)29-17(4)31/h10-12,19-20H,6-9,13H2,1-5H3,(H,27,32)(H,28,33)(H,29,31)/t19-,20-. The van der Waals surface area contributed by atoms with Crippen molar-refractivity contribution in [2.45, 2.75) is 72.0 Å². The number of nitrogens with one attached hydrogen (secondary N) is 3. The number of carbonyl (C=O) groups is 2. The number of rotatable bonds is 6. The van der Waals surface area contributed by atoms with E-state index in [4.69, 9.17) is 0 Å². The largest absolute Gasteiger partial charge is 0.371 e. The first-order valence-corrected chi connectivity index (χ1v) is 12.1. The molecule has 0 aliphatic heterocycles. The van der Waals surface area contributed by atoms with Crippen molar-refractivity contribution in [1.82, 2.24) is 15.6 Å². The Bertz CT molecular complexity index is 1100. The molecule has 3 N–H and O–H groups in total. The lowest BCUT2D eigenvalue weighted by atomic mass is 9.89. The highest BCUT2D eigenvalue weighted by Crippen LogP contribution is 2.32. The van der Waals surface area contributed by atoms with Crippen LogP contribution in [0.25, 0.3) is 0 Å². The second-order valence-corrected chi connectivity index (χ2v) is 9.96. The van der Waals surface area contributed by atoms with Gasteiger partial charge in [0.05, 0.1) is 0 Å². The summed E-state index contributed by atoms with van der Waals surface area (Å²) in [6, 6.07) is 6.35. The van der Waals surface area contributed by atoms with Gasteiger partial charge in [-0.3, -0.25) is 14.4 Å². The lowest BCUT2D eigenvalue weighted by Gasteiger charge is -2.37. The Hall–Kier alpha value is -2.61. The van der Waals surface area contributed by atoms with Crippen molar-refractivity contribution in [3.63, 3.8) is 0 Å². The summed E-state index contributed by atoms with van der Waals surface area (Å²) >= 11 is 3.56. The van der Waals surface area contributed by atoms with E-state index in [1.807, 2.05) is 39.0 Å². The summed E-state index contributed by atoms with van der Waals surface area (Å²) in [5.74, 6) is -0.190. The van der Waals surface area contributed by atoms with Gasteiger partial charge >= 0.3 is 0 Å². The normalized spacial score (nSPS) is 18.0. The minimum absolute atomic E-state index is 0.0214. The molecule has 1 saturated carbocycles. The van der Waals surface area contributed by atoms with Crippen LogP contribution in [0.5, 0.6) is 0 Å². The van der Waals surface area contributed by atoms with E-state index in [0.717, 1.165) is 52.7 Å². The zero-order valence-corrected chi connectivity index (χ0v) is 21.6. The van der Waals surface area contributed by atoms with E-state index in [1.54, 1.807) is 6.92 Å². The molecule has 1 aromatic carbocycles. The van der Waals surface area contributed by atoms with Crippen molar-refractivity contribution in [1.29, 1.82) is 0 Å². The minimum atomic E-state index is -0.211. The van der Waals surface area contributed by atoms with Crippen molar-refractivity contribution in [2.24, 2.45) is 0 Å². The van der Waals surface area contributed by atoms with Crippen LogP contribution in [-0.4, -0.2) is 35.9 Å². The van der Waals surface area contributed by atoms with Gasteiger partial charge in [0.15, 0.2) is 0 Å². The maximum Gasteiger partial charge on any atom is 0.253 e. The number of anilines is 1. The molecule has 178 valence electrons. The highest BCUT2D eigenvalue weighted by Gasteiger charge is 2.26. The van der Waals surface area contributed by atoms with Crippen LogP contribution < -0.4 is 21.1 Å². The number of nitrogens with zero attached hydrogens (tertiary/aromatic N) is 1. The fraction of sp³-hybridized carbons (Fsp3) is 0.480. The van der Waals surface area contributed by atoms with Crippen molar-refractivity contribution in [2.75, 3.05) is 11.9 Å². The molecule has 0 unspecified atom stereocenters. The van der Waals surface area contributed by atoms with Gasteiger partial charge in [-0.2, -0.15) is 0 Å². The summed E-state index contributed by atoms with van der Waals surface area (Å²) in [7, 11) is 2.06. The highest BCUT2D eigenvalue weighted by molar-refractivity contribution is 9.10. The van der Waals surface area contributed by atoms with Gasteiger partial charge in [0.1, 0.15) is 0 Å². The van der Waals surface area contributed by atoms with Crippen molar-refractivity contribution in [3.05, 3.63) is 61.0 Å². The average molecular weight is 517 g/mol. The fourth-order valence-electron chi connectivity index (χ4n) is 4.72. The molecule has 8 heteroatoms. The SMILES string of the molecule is CC(=O)N[C@H]1CC[C@H](N(C)c2cc(Br)cc(C(=O)NCc3c(C)cc(C)[nH]c3=O)c2C)CC1. The van der Waals surface area contributed by atoms with Gasteiger partial charge in [-0.15, -0.1) is 0 Å². The number of hydrogen-bond donors (Lipinski definition) is 3. The average Bonchev–Trinajstić information content (AvgIpc) is 2.73. The molecule has 33 heavy (non-hydrogen) atoms. The van der Waals surface area contributed by atoms with E-state index < -0.39 is 0 Å². The van der Waals surface area contributed by atoms with Crippen molar-refractivity contribution in [3.8, 4) is 0 Å². The number of pyridine rings is 1. The van der Waals surface area contributed by atoms with E-state index in [2.05, 4.69) is 43.5 Å². The molecule has 0 spiro atoms. The van der Waals surface area contributed by atoms with E-state index in [0.29, 0.717) is 17.2 Å². The van der Waals surface area contributed by atoms with Crippen LogP contribution in [0.1, 0.15) is 65.3 Å². The van der Waals surface area contributed by atoms with E-state index in [-0.39, 0.29) is 30.0 Å². The Kier molecular flexibility index (Phi) is 8.00. The van der Waals surface area contributed by atoms with E-state index >= 15 is 0 Å². The Labute approximate surface area is 203 Å². The molecular formula is C25H33BrN4O3. The first-order chi connectivity index (χ1) is 15.6. The number of benzene rings is 1. The number of aromatic amines is 1. The molecular weight excluding hydrogens is 484 g/mol. The summed E-state index contributed by atoms with van der Waals surface area (Å²) in [4.78, 5) is 41.7. The predicted molar refractivity (Wildman–Crippen MR) is 135 cm³/mol. The Morgan fingerprint density at radius 2 is 1.79 bits per heavy atom. The molecule has 1 heterocycles. The van der Waals surface area contributed by atoms with Crippen LogP contribution >= 0.6 is 15.9 Å². The molecule has 1 aromatic heterocycles. The third-order valence-corrected chi connectivity index (χ3v) is 7.00. The molecule has 1 aliphatic rings. The molecule has 1 fully saturated rings. The van der Waals surface area contributed by atoms with E-state index in [1.165, 1.54) is 0 Å². The van der Waals surface area contributed by atoms with Gasteiger partial charge in [0, 0.05) is 59.6 Å². The summed E-state index contributed by atoms with van der Waals surface area (Å²) in [5.41, 5.74) is 4.54. The van der Waals surface area contributed by atoms with Crippen LogP contribution in [0.4, 0.5) is 5.69 Å². The van der Waals surface area contributed by atoms with Crippen LogP contribution in [0.2, 0.25) is 0 Å². The van der Waals surface area contributed by atoms with Crippen LogP contribution in [0.15, 0.2) is 27.5 Å². The molecule has 0 atom stereocenters. The Morgan fingerprint density at radius 1 is 1.12 bits per heavy atom. The van der Waals surface area contributed by atoms with Gasteiger partial charge in [0.25, 0.3) is 11.5 Å². The first-order valence-electron chi connectivity index (χ1n) is 11.3. The minimum Gasteiger partial charge on any atom is -0.371 e. The maximum atomic E-state index is 13.1. The summed E-state index contributed by atoms with van der Waals surface area (Å²) in [5, 5.41) is 5.94. The number of carbonyl (C=O) groups excluding carboxylic acids is 2. The quantitative estimate of drug-likeness (QED) is 0.542. The monoisotopic (exact) mass is 516 g/mol. The highest BCUT2D eigenvalue weighted by atomic mass is 79.9. The summed E-state index contributed by atoms with van der Waals surface area (Å²) < 4.78 is 0.830. The number of halogens is 1. The molecule has 3 rings (SSSR count). The third kappa shape index (κ3) is 6.05. The second-order valence-electron chi connectivity index (χ2n) is 9.04. The van der Waals surface area contributed by atoms with Gasteiger partial charge in [-0.25, -0.2) is 0 Å². The summed E-state index contributed by atoms with van der Waals surface area (Å²) in [6.07, 6.45) is 3.84.